The van der Waals surface area contributed by atoms with Crippen LogP contribution < -0.4 is 5.73 Å². The minimum absolute atomic E-state index is 0.0805. The summed E-state index contributed by atoms with van der Waals surface area (Å²) in [6.45, 7) is 3.88. The van der Waals surface area contributed by atoms with Crippen LogP contribution in [0.5, 0.6) is 11.5 Å². The first-order chi connectivity index (χ1) is 17.9. The Balaban J connectivity index is 1.79. The Bertz CT molecular complexity index is 1640. The Kier molecular flexibility index (Phi) is 5.49. The number of hydrogen-bond donors (Lipinski definition) is 5. The first-order valence-corrected chi connectivity index (χ1v) is 11.5. The first-order valence-electron chi connectivity index (χ1n) is 11.5. The largest absolute Gasteiger partial charge is 0.507 e. The molecule has 196 valence electrons. The molecule has 6 N–H and O–H groups in total. The van der Waals surface area contributed by atoms with Crippen LogP contribution in [0.3, 0.4) is 0 Å². The number of aliphatic hydroxyl groups is 2. The number of aromatic nitrogens is 3. The number of carbonyl (C=O) groups excluding carboxylic acids is 3. The summed E-state index contributed by atoms with van der Waals surface area (Å²) in [5.74, 6) is -7.44. The lowest BCUT2D eigenvalue weighted by atomic mass is 9.62. The van der Waals surface area contributed by atoms with E-state index in [1.807, 2.05) is 13.8 Å². The number of phenolic OH excluding ortho intramolecular Hbond substituents is 2. The molecule has 0 radical (unpaired) electrons. The van der Waals surface area contributed by atoms with Gasteiger partial charge in [0.05, 0.1) is 34.4 Å². The lowest BCUT2D eigenvalue weighted by Gasteiger charge is -2.41. The van der Waals surface area contributed by atoms with Crippen molar-refractivity contribution in [3.63, 3.8) is 0 Å². The third kappa shape index (κ3) is 3.21. The van der Waals surface area contributed by atoms with Crippen molar-refractivity contribution in [3.05, 3.63) is 52.5 Å². The number of nitrogens with zero attached hydrogens (tertiary/aromatic N) is 4. The molecule has 13 nitrogen and oxygen atoms in total. The second-order valence-corrected chi connectivity index (χ2v) is 9.46. The molecule has 0 aliphatic heterocycles. The Morgan fingerprint density at radius 2 is 1.95 bits per heavy atom. The molecule has 0 spiro atoms. The third-order valence-corrected chi connectivity index (χ3v) is 6.98. The summed E-state index contributed by atoms with van der Waals surface area (Å²) < 4.78 is 1.46. The number of carbonyl (C=O) groups is 3. The standard InChI is InChI=1S/C25H23N5O8/c1-9(2)13-8-30(29-27-13)14-4-5-15(31)17-11(14)6-10-7-12-19(28-38-3)21(33)18(24(26)36)23(35)25(12,37)22(34)16(10)20(17)32/h4-6,8-9,12,31-33,37H,7H2,1-3H3,(H2,26,36)/b28-19-/t12-,25-/m0/s1. The number of fused-ring (bicyclic) bond motifs is 3. The average molecular weight is 521 g/mol. The first kappa shape index (κ1) is 24.9. The van der Waals surface area contributed by atoms with Gasteiger partial charge in [0, 0.05) is 5.39 Å². The molecule has 1 aromatic heterocycles. The van der Waals surface area contributed by atoms with Crippen molar-refractivity contribution in [2.24, 2.45) is 16.8 Å². The molecule has 0 saturated heterocycles. The number of oxime groups is 1. The number of allylic oxidation sites excluding steroid dienone is 1. The monoisotopic (exact) mass is 521 g/mol. The molecule has 0 saturated carbocycles. The Hall–Kier alpha value is -4.78. The van der Waals surface area contributed by atoms with Crippen molar-refractivity contribution in [1.29, 1.82) is 0 Å². The number of amides is 1. The van der Waals surface area contributed by atoms with Gasteiger partial charge < -0.3 is 31.0 Å². The van der Waals surface area contributed by atoms with E-state index in [-0.39, 0.29) is 29.0 Å². The molecule has 2 atom stereocenters. The van der Waals surface area contributed by atoms with Gasteiger partial charge in [0.1, 0.15) is 29.9 Å². The third-order valence-electron chi connectivity index (χ3n) is 6.98. The molecule has 2 aromatic carbocycles. The van der Waals surface area contributed by atoms with Gasteiger partial charge in [-0.25, -0.2) is 4.68 Å². The number of primary amides is 1. The molecule has 5 rings (SSSR count). The second kappa shape index (κ2) is 8.38. The maximum atomic E-state index is 13.7. The fourth-order valence-electron chi connectivity index (χ4n) is 5.09. The van der Waals surface area contributed by atoms with Gasteiger partial charge >= 0.3 is 0 Å². The van der Waals surface area contributed by atoms with Crippen LogP contribution in [0.1, 0.15) is 41.4 Å². The van der Waals surface area contributed by atoms with Crippen LogP contribution in [0.15, 0.2) is 40.9 Å². The van der Waals surface area contributed by atoms with Gasteiger partial charge in [0.25, 0.3) is 5.91 Å². The number of hydrogen-bond acceptors (Lipinski definition) is 11. The summed E-state index contributed by atoms with van der Waals surface area (Å²) in [6.07, 6.45) is 1.41. The minimum Gasteiger partial charge on any atom is -0.507 e. The van der Waals surface area contributed by atoms with Crippen molar-refractivity contribution < 1.29 is 39.6 Å². The molecule has 0 fully saturated rings. The summed E-state index contributed by atoms with van der Waals surface area (Å²) in [6, 6.07) is 4.36. The molecule has 38 heavy (non-hydrogen) atoms. The van der Waals surface area contributed by atoms with Crippen LogP contribution in [-0.4, -0.2) is 71.3 Å². The Morgan fingerprint density at radius 1 is 1.24 bits per heavy atom. The zero-order valence-corrected chi connectivity index (χ0v) is 20.5. The Morgan fingerprint density at radius 3 is 2.55 bits per heavy atom. The topological polar surface area (TPSA) is 210 Å². The van der Waals surface area contributed by atoms with Crippen molar-refractivity contribution in [2.45, 2.75) is 31.8 Å². The average Bonchev–Trinajstić information content (AvgIpc) is 3.34. The van der Waals surface area contributed by atoms with Crippen molar-refractivity contribution in [3.8, 4) is 17.2 Å². The summed E-state index contributed by atoms with van der Waals surface area (Å²) in [5.41, 5.74) is 1.73. The van der Waals surface area contributed by atoms with E-state index in [1.165, 1.54) is 16.8 Å². The summed E-state index contributed by atoms with van der Waals surface area (Å²) >= 11 is 0. The van der Waals surface area contributed by atoms with E-state index in [1.54, 1.807) is 12.3 Å². The van der Waals surface area contributed by atoms with Gasteiger partial charge in [-0.3, -0.25) is 14.4 Å². The molecule has 1 amide bonds. The fourth-order valence-corrected chi connectivity index (χ4v) is 5.09. The summed E-state index contributed by atoms with van der Waals surface area (Å²) in [7, 11) is 1.14. The molecule has 13 heteroatoms. The van der Waals surface area contributed by atoms with E-state index in [0.717, 1.165) is 7.11 Å². The van der Waals surface area contributed by atoms with Crippen molar-refractivity contribution in [2.75, 3.05) is 7.11 Å². The molecule has 2 aliphatic rings. The van der Waals surface area contributed by atoms with Crippen LogP contribution in [-0.2, 0) is 20.8 Å². The lowest BCUT2D eigenvalue weighted by Crippen LogP contribution is -2.62. The maximum absolute atomic E-state index is 13.7. The van der Waals surface area contributed by atoms with Gasteiger partial charge in [-0.2, -0.15) is 0 Å². The summed E-state index contributed by atoms with van der Waals surface area (Å²) in [5, 5.41) is 56.1. The lowest BCUT2D eigenvalue weighted by molar-refractivity contribution is -0.134. The van der Waals surface area contributed by atoms with Crippen LogP contribution >= 0.6 is 0 Å². The SMILES string of the molecule is CO/N=C1\C(O)=C(C(N)=O)C(=O)[C@@]2(O)C(=O)c3c(cc4c(-n5cc(C(C)C)nn5)ccc(O)c4c3O)C[C@@H]12. The number of aromatic hydroxyl groups is 2. The molecule has 1 heterocycles. The zero-order valence-electron chi connectivity index (χ0n) is 20.5. The highest BCUT2D eigenvalue weighted by molar-refractivity contribution is 6.38. The van der Waals surface area contributed by atoms with Crippen LogP contribution in [0, 0.1) is 5.92 Å². The molecule has 0 bridgehead atoms. The maximum Gasteiger partial charge on any atom is 0.256 e. The van der Waals surface area contributed by atoms with Crippen LogP contribution in [0.2, 0.25) is 0 Å². The molecule has 0 unspecified atom stereocenters. The predicted octanol–water partition coefficient (Wildman–Crippen LogP) is 0.924. The number of phenols is 2. The van der Waals surface area contributed by atoms with E-state index in [2.05, 4.69) is 15.5 Å². The van der Waals surface area contributed by atoms with Gasteiger partial charge in [-0.15, -0.1) is 5.10 Å². The zero-order chi connectivity index (χ0) is 27.7. The number of ketones is 2. The number of nitrogens with two attached hydrogens (primary N) is 1. The van der Waals surface area contributed by atoms with Crippen molar-refractivity contribution in [1.82, 2.24) is 15.0 Å². The molecule has 3 aromatic rings. The highest BCUT2D eigenvalue weighted by Gasteiger charge is 2.62. The van der Waals surface area contributed by atoms with Gasteiger partial charge in [0.2, 0.25) is 11.6 Å². The normalized spacial score (nSPS) is 22.2. The van der Waals surface area contributed by atoms with E-state index in [0.29, 0.717) is 16.8 Å². The van der Waals surface area contributed by atoms with Gasteiger partial charge in [0.15, 0.2) is 11.4 Å². The number of rotatable bonds is 4. The fraction of sp³-hybridized carbons (Fsp3) is 0.280. The van der Waals surface area contributed by atoms with E-state index >= 15 is 0 Å². The van der Waals surface area contributed by atoms with Crippen LogP contribution in [0.4, 0.5) is 0 Å². The molecular weight excluding hydrogens is 498 g/mol. The predicted molar refractivity (Wildman–Crippen MR) is 131 cm³/mol. The van der Waals surface area contributed by atoms with Gasteiger partial charge in [-0.05, 0) is 36.1 Å². The van der Waals surface area contributed by atoms with Crippen LogP contribution in [0.25, 0.3) is 16.5 Å². The highest BCUT2D eigenvalue weighted by atomic mass is 16.6. The Labute approximate surface area is 214 Å². The number of aliphatic hydroxyl groups excluding tert-OH is 1. The summed E-state index contributed by atoms with van der Waals surface area (Å²) in [4.78, 5) is 43.6. The number of Topliss-reactive ketones (excluding diaryl/α,β-unsaturated/α-hetero) is 2. The van der Waals surface area contributed by atoms with Gasteiger partial charge in [-0.1, -0.05) is 24.2 Å². The second-order valence-electron chi connectivity index (χ2n) is 9.46. The highest BCUT2D eigenvalue weighted by Crippen LogP contribution is 2.48. The van der Waals surface area contributed by atoms with E-state index in [9.17, 15) is 34.8 Å². The quantitative estimate of drug-likeness (QED) is 0.186. The molecule has 2 aliphatic carbocycles. The van der Waals surface area contributed by atoms with Crippen molar-refractivity contribution >= 4 is 34.0 Å². The number of benzene rings is 2. The van der Waals surface area contributed by atoms with E-state index < -0.39 is 57.3 Å². The van der Waals surface area contributed by atoms with E-state index in [4.69, 9.17) is 10.6 Å². The molecular formula is C25H23N5O8. The minimum atomic E-state index is -2.93. The smallest absolute Gasteiger partial charge is 0.256 e.